The van der Waals surface area contributed by atoms with E-state index in [-0.39, 0.29) is 5.54 Å². The summed E-state index contributed by atoms with van der Waals surface area (Å²) in [6.45, 7) is 0. The number of hydrogen-bond acceptors (Lipinski definition) is 3. The monoisotopic (exact) mass is 205 g/mol. The number of pyridine rings is 1. The third kappa shape index (κ3) is 2.48. The van der Waals surface area contributed by atoms with E-state index in [1.807, 2.05) is 26.4 Å². The summed E-state index contributed by atoms with van der Waals surface area (Å²) in [6, 6.07) is 4.15. The normalized spacial score (nSPS) is 17.5. The van der Waals surface area contributed by atoms with Crippen molar-refractivity contribution in [1.29, 1.82) is 0 Å². The fraction of sp³-hybridized carbons (Fsp3) is 0.583. The van der Waals surface area contributed by atoms with Gasteiger partial charge in [0.25, 0.3) is 0 Å². The third-order valence-corrected chi connectivity index (χ3v) is 3.08. The molecular formula is C12H19N3. The van der Waals surface area contributed by atoms with Crippen LogP contribution in [0, 0.1) is 0 Å². The molecule has 82 valence electrons. The highest BCUT2D eigenvalue weighted by atomic mass is 15.1. The van der Waals surface area contributed by atoms with E-state index in [1.165, 1.54) is 18.4 Å². The minimum Gasteiger partial charge on any atom is -0.363 e. The van der Waals surface area contributed by atoms with Crippen LogP contribution in [0.1, 0.15) is 24.8 Å². The maximum Gasteiger partial charge on any atom is 0.131 e. The summed E-state index contributed by atoms with van der Waals surface area (Å²) in [5, 5.41) is 0. The number of nitrogens with two attached hydrogens (primary N) is 1. The molecule has 0 spiro atoms. The van der Waals surface area contributed by atoms with Gasteiger partial charge in [0.05, 0.1) is 0 Å². The maximum absolute atomic E-state index is 6.09. The van der Waals surface area contributed by atoms with Crippen LogP contribution in [0.3, 0.4) is 0 Å². The third-order valence-electron chi connectivity index (χ3n) is 3.08. The van der Waals surface area contributed by atoms with Crippen molar-refractivity contribution >= 4 is 5.82 Å². The Balaban J connectivity index is 2.06. The van der Waals surface area contributed by atoms with Gasteiger partial charge in [-0.15, -0.1) is 0 Å². The Bertz CT molecular complexity index is 342. The predicted molar refractivity (Wildman–Crippen MR) is 63.0 cm³/mol. The van der Waals surface area contributed by atoms with Gasteiger partial charge in [0.15, 0.2) is 0 Å². The van der Waals surface area contributed by atoms with E-state index in [0.29, 0.717) is 0 Å². The molecular weight excluding hydrogens is 186 g/mol. The molecule has 0 atom stereocenters. The van der Waals surface area contributed by atoms with E-state index in [1.54, 1.807) is 0 Å². The molecule has 3 heteroatoms. The van der Waals surface area contributed by atoms with Crippen LogP contribution in [0.2, 0.25) is 0 Å². The Kier molecular flexibility index (Phi) is 2.65. The molecule has 0 unspecified atom stereocenters. The summed E-state index contributed by atoms with van der Waals surface area (Å²) in [4.78, 5) is 6.45. The van der Waals surface area contributed by atoms with Crippen LogP contribution in [-0.2, 0) is 6.42 Å². The predicted octanol–water partition coefficient (Wildman–Crippen LogP) is 1.57. The standard InChI is InChI=1S/C12H19N3/c1-15(2)11-10(4-3-9-14-11)5-6-12(13)7-8-12/h3-4,9H,5-8,13H2,1-2H3. The Hall–Kier alpha value is -1.09. The van der Waals surface area contributed by atoms with Gasteiger partial charge in [0.2, 0.25) is 0 Å². The SMILES string of the molecule is CN(C)c1ncccc1CCC1(N)CC1. The molecule has 3 nitrogen and oxygen atoms in total. The molecule has 0 saturated heterocycles. The number of hydrogen-bond donors (Lipinski definition) is 1. The number of aryl methyl sites for hydroxylation is 1. The lowest BCUT2D eigenvalue weighted by molar-refractivity contribution is 0.608. The van der Waals surface area contributed by atoms with Gasteiger partial charge >= 0.3 is 0 Å². The van der Waals surface area contributed by atoms with Crippen LogP contribution in [-0.4, -0.2) is 24.6 Å². The molecule has 0 aliphatic heterocycles. The number of aromatic nitrogens is 1. The van der Waals surface area contributed by atoms with Crippen LogP contribution in [0.25, 0.3) is 0 Å². The molecule has 1 aliphatic carbocycles. The van der Waals surface area contributed by atoms with Crippen molar-refractivity contribution in [3.8, 4) is 0 Å². The van der Waals surface area contributed by atoms with Gasteiger partial charge in [0.1, 0.15) is 5.82 Å². The second-order valence-corrected chi connectivity index (χ2v) is 4.74. The minimum absolute atomic E-state index is 0.138. The smallest absolute Gasteiger partial charge is 0.131 e. The van der Waals surface area contributed by atoms with Gasteiger partial charge in [-0.05, 0) is 37.3 Å². The molecule has 1 aliphatic rings. The second kappa shape index (κ2) is 3.81. The molecule has 2 rings (SSSR count). The summed E-state index contributed by atoms with van der Waals surface area (Å²) in [7, 11) is 4.06. The average Bonchev–Trinajstić information content (AvgIpc) is 2.95. The highest BCUT2D eigenvalue weighted by Gasteiger charge is 2.37. The van der Waals surface area contributed by atoms with Crippen LogP contribution in [0.5, 0.6) is 0 Å². The second-order valence-electron chi connectivity index (χ2n) is 4.74. The molecule has 1 heterocycles. The highest BCUT2D eigenvalue weighted by Crippen LogP contribution is 2.37. The van der Waals surface area contributed by atoms with Crippen molar-refractivity contribution in [3.05, 3.63) is 23.9 Å². The molecule has 1 fully saturated rings. The number of rotatable bonds is 4. The quantitative estimate of drug-likeness (QED) is 0.811. The van der Waals surface area contributed by atoms with E-state index in [9.17, 15) is 0 Å². The summed E-state index contributed by atoms with van der Waals surface area (Å²) in [6.07, 6.45) is 6.33. The summed E-state index contributed by atoms with van der Waals surface area (Å²) >= 11 is 0. The van der Waals surface area contributed by atoms with Crippen molar-refractivity contribution in [2.24, 2.45) is 5.73 Å². The molecule has 0 amide bonds. The van der Waals surface area contributed by atoms with Crippen molar-refractivity contribution < 1.29 is 0 Å². The average molecular weight is 205 g/mol. The van der Waals surface area contributed by atoms with Crippen LogP contribution in [0.4, 0.5) is 5.82 Å². The van der Waals surface area contributed by atoms with Gasteiger partial charge < -0.3 is 10.6 Å². The van der Waals surface area contributed by atoms with E-state index in [4.69, 9.17) is 5.73 Å². The number of nitrogens with zero attached hydrogens (tertiary/aromatic N) is 2. The Morgan fingerprint density at radius 3 is 2.80 bits per heavy atom. The van der Waals surface area contributed by atoms with Gasteiger partial charge in [-0.25, -0.2) is 4.98 Å². The maximum atomic E-state index is 6.09. The molecule has 1 aromatic heterocycles. The van der Waals surface area contributed by atoms with Crippen LogP contribution >= 0.6 is 0 Å². The van der Waals surface area contributed by atoms with Gasteiger partial charge in [-0.3, -0.25) is 0 Å². The molecule has 2 N–H and O–H groups in total. The first-order valence-corrected chi connectivity index (χ1v) is 5.51. The van der Waals surface area contributed by atoms with Crippen molar-refractivity contribution in [2.45, 2.75) is 31.2 Å². The zero-order valence-electron chi connectivity index (χ0n) is 9.53. The Labute approximate surface area is 91.3 Å². The van der Waals surface area contributed by atoms with Gasteiger partial charge in [-0.2, -0.15) is 0 Å². The van der Waals surface area contributed by atoms with E-state index < -0.39 is 0 Å². The summed E-state index contributed by atoms with van der Waals surface area (Å²) < 4.78 is 0. The first-order chi connectivity index (χ1) is 7.11. The molecule has 1 saturated carbocycles. The van der Waals surface area contributed by atoms with E-state index in [0.717, 1.165) is 18.7 Å². The first kappa shape index (κ1) is 10.4. The fourth-order valence-electron chi connectivity index (χ4n) is 1.82. The fourth-order valence-corrected chi connectivity index (χ4v) is 1.82. The lowest BCUT2D eigenvalue weighted by atomic mass is 10.0. The first-order valence-electron chi connectivity index (χ1n) is 5.51. The van der Waals surface area contributed by atoms with Crippen molar-refractivity contribution in [3.63, 3.8) is 0 Å². The van der Waals surface area contributed by atoms with Crippen molar-refractivity contribution in [1.82, 2.24) is 4.98 Å². The summed E-state index contributed by atoms with van der Waals surface area (Å²) in [5.74, 6) is 1.07. The molecule has 1 aromatic rings. The van der Waals surface area contributed by atoms with Crippen molar-refractivity contribution in [2.75, 3.05) is 19.0 Å². The zero-order chi connectivity index (χ0) is 10.9. The topological polar surface area (TPSA) is 42.2 Å². The molecule has 15 heavy (non-hydrogen) atoms. The number of anilines is 1. The lowest BCUT2D eigenvalue weighted by Crippen LogP contribution is -2.22. The van der Waals surface area contributed by atoms with Gasteiger partial charge in [0, 0.05) is 25.8 Å². The lowest BCUT2D eigenvalue weighted by Gasteiger charge is -2.16. The Morgan fingerprint density at radius 1 is 1.47 bits per heavy atom. The summed E-state index contributed by atoms with van der Waals surface area (Å²) in [5.41, 5.74) is 7.53. The van der Waals surface area contributed by atoms with E-state index in [2.05, 4.69) is 16.0 Å². The minimum atomic E-state index is 0.138. The van der Waals surface area contributed by atoms with Crippen LogP contribution < -0.4 is 10.6 Å². The zero-order valence-corrected chi connectivity index (χ0v) is 9.53. The highest BCUT2D eigenvalue weighted by molar-refractivity contribution is 5.45. The largest absolute Gasteiger partial charge is 0.363 e. The van der Waals surface area contributed by atoms with Crippen LogP contribution in [0.15, 0.2) is 18.3 Å². The van der Waals surface area contributed by atoms with Gasteiger partial charge in [-0.1, -0.05) is 6.07 Å². The van der Waals surface area contributed by atoms with E-state index >= 15 is 0 Å². The molecule has 0 aromatic carbocycles. The molecule has 0 bridgehead atoms. The Morgan fingerprint density at radius 2 is 2.20 bits per heavy atom. The molecule has 0 radical (unpaired) electrons.